The monoisotopic (exact) mass is 471 g/mol. The van der Waals surface area contributed by atoms with Crippen LogP contribution in [0.25, 0.3) is 81.6 Å². The predicted molar refractivity (Wildman–Crippen MR) is 152 cm³/mol. The molecule has 0 N–H and O–H groups in total. The maximum absolute atomic E-state index is 14.5. The Morgan fingerprint density at radius 2 is 1.24 bits per heavy atom. The van der Waals surface area contributed by atoms with E-state index in [4.69, 9.17) is 0 Å². The number of aryl methyl sites for hydroxylation is 1. The molecule has 12 rings (SSSR count). The molecule has 0 atom stereocenters. The number of allylic oxidation sites excluding steroid dienone is 1. The molecule has 37 heavy (non-hydrogen) atoms. The number of benzene rings is 5. The Bertz CT molecular complexity index is 2630. The van der Waals surface area contributed by atoms with Crippen molar-refractivity contribution >= 4 is 81.6 Å². The van der Waals surface area contributed by atoms with Crippen LogP contribution in [0.15, 0.2) is 52.1 Å². The van der Waals surface area contributed by atoms with Crippen molar-refractivity contribution in [3.8, 4) is 0 Å². The summed E-state index contributed by atoms with van der Waals surface area (Å²) in [6, 6.07) is 13.4. The smallest absolute Gasteiger partial charge is 0.259 e. The molecule has 2 heterocycles. The maximum atomic E-state index is 14.5. The molecule has 3 aliphatic rings. The molecule has 0 radical (unpaired) electrons. The molecule has 0 aliphatic heterocycles. The van der Waals surface area contributed by atoms with Gasteiger partial charge in [-0.3, -0.25) is 9.59 Å². The maximum Gasteiger partial charge on any atom is 0.259 e. The van der Waals surface area contributed by atoms with Gasteiger partial charge in [0.05, 0.1) is 10.9 Å². The second-order valence-corrected chi connectivity index (χ2v) is 11.5. The number of hydrogen-bond acceptors (Lipinski definition) is 2. The van der Waals surface area contributed by atoms with Crippen molar-refractivity contribution < 1.29 is 0 Å². The van der Waals surface area contributed by atoms with Crippen molar-refractivity contribution in [2.45, 2.75) is 19.3 Å². The third-order valence-corrected chi connectivity index (χ3v) is 9.92. The van der Waals surface area contributed by atoms with Crippen molar-refractivity contribution in [2.24, 2.45) is 7.05 Å². The van der Waals surface area contributed by atoms with Crippen LogP contribution in [0.3, 0.4) is 0 Å². The minimum Gasteiger partial charge on any atom is -0.310 e. The molecule has 9 aromatic rings. The van der Waals surface area contributed by atoms with E-state index in [1.54, 1.807) is 0 Å². The summed E-state index contributed by atoms with van der Waals surface area (Å²) in [5, 5.41) is 14.3. The number of hydrogen-bond donors (Lipinski definition) is 0. The average Bonchev–Trinajstić information content (AvgIpc) is 3.47. The number of pyridine rings is 1. The highest BCUT2D eigenvalue weighted by Crippen LogP contribution is 2.55. The average molecular weight is 472 g/mol. The fourth-order valence-corrected chi connectivity index (χ4v) is 8.69. The molecule has 0 saturated heterocycles. The number of fused-ring (bicyclic) bond motifs is 1. The fourth-order valence-electron chi connectivity index (χ4n) is 8.69. The minimum absolute atomic E-state index is 0.0448. The molecule has 0 spiro atoms. The molecule has 2 aromatic heterocycles. The molecule has 0 fully saturated rings. The first-order chi connectivity index (χ1) is 18.1. The van der Waals surface area contributed by atoms with Gasteiger partial charge in [0.1, 0.15) is 0 Å². The van der Waals surface area contributed by atoms with E-state index in [9.17, 15) is 9.59 Å². The van der Waals surface area contributed by atoms with E-state index < -0.39 is 0 Å². The lowest BCUT2D eigenvalue weighted by atomic mass is 9.89. The summed E-state index contributed by atoms with van der Waals surface area (Å²) in [7, 11) is 1.91. The summed E-state index contributed by atoms with van der Waals surface area (Å²) in [6.07, 6.45) is 6.90. The molecular formula is C34H17NO2. The van der Waals surface area contributed by atoms with Gasteiger partial charge in [0.25, 0.3) is 5.56 Å². The Morgan fingerprint density at radius 3 is 2.14 bits per heavy atom. The summed E-state index contributed by atoms with van der Waals surface area (Å²) in [5.41, 5.74) is 8.21. The molecule has 0 amide bonds. The lowest BCUT2D eigenvalue weighted by molar-refractivity contribution is 0.923. The van der Waals surface area contributed by atoms with Crippen LogP contribution in [0.4, 0.5) is 0 Å². The van der Waals surface area contributed by atoms with Gasteiger partial charge in [-0.1, -0.05) is 42.5 Å². The second-order valence-electron chi connectivity index (χ2n) is 11.5. The third-order valence-electron chi connectivity index (χ3n) is 9.92. The minimum atomic E-state index is 0.0448. The molecule has 0 unspecified atom stereocenters. The van der Waals surface area contributed by atoms with E-state index in [0.717, 1.165) is 67.2 Å². The summed E-state index contributed by atoms with van der Waals surface area (Å²) < 4.78 is 1.85. The highest BCUT2D eigenvalue weighted by Gasteiger charge is 2.33. The first-order valence-electron chi connectivity index (χ1n) is 13.1. The Balaban J connectivity index is 1.74. The van der Waals surface area contributed by atoms with Crippen LogP contribution in [0, 0.1) is 0 Å². The first-order valence-corrected chi connectivity index (χ1v) is 13.1. The molecular weight excluding hydrogens is 454 g/mol. The zero-order valence-corrected chi connectivity index (χ0v) is 20.0. The van der Waals surface area contributed by atoms with Crippen molar-refractivity contribution in [3.05, 3.63) is 96.4 Å². The van der Waals surface area contributed by atoms with E-state index in [0.29, 0.717) is 6.42 Å². The van der Waals surface area contributed by atoms with Crippen LogP contribution in [-0.4, -0.2) is 4.57 Å². The molecule has 3 nitrogen and oxygen atoms in total. The summed E-state index contributed by atoms with van der Waals surface area (Å²) in [5.74, 6) is 0. The Labute approximate surface area is 208 Å². The zero-order chi connectivity index (χ0) is 24.1. The van der Waals surface area contributed by atoms with Crippen LogP contribution in [-0.2, 0) is 26.3 Å². The van der Waals surface area contributed by atoms with Gasteiger partial charge >= 0.3 is 0 Å². The first kappa shape index (κ1) is 17.9. The van der Waals surface area contributed by atoms with Gasteiger partial charge in [-0.2, -0.15) is 0 Å². The lowest BCUT2D eigenvalue weighted by Gasteiger charge is -2.18. The quantitative estimate of drug-likeness (QED) is 0.187. The number of rotatable bonds is 0. The summed E-state index contributed by atoms with van der Waals surface area (Å²) in [6.45, 7) is 0. The van der Waals surface area contributed by atoms with Crippen LogP contribution in [0.2, 0.25) is 0 Å². The largest absolute Gasteiger partial charge is 0.310 e. The second kappa shape index (κ2) is 5.14. The molecule has 8 bridgehead atoms. The van der Waals surface area contributed by atoms with Gasteiger partial charge in [0, 0.05) is 46.0 Å². The SMILES string of the molecule is Cn1c(=O)c2c3c4c5cc6ccc(cc7c(=O)c8c(cc9c%10c%11c(cc(c4c%11c2c8%10)C5)CC=C9)C7)c1c63. The Morgan fingerprint density at radius 1 is 0.595 bits per heavy atom. The van der Waals surface area contributed by atoms with Crippen LogP contribution in [0.5, 0.6) is 0 Å². The highest BCUT2D eigenvalue weighted by atomic mass is 16.1. The summed E-state index contributed by atoms with van der Waals surface area (Å²) in [4.78, 5) is 28.6. The number of nitrogens with zero attached hydrogens (tertiary/aromatic N) is 1. The van der Waals surface area contributed by atoms with Crippen LogP contribution in [0.1, 0.15) is 33.4 Å². The Kier molecular flexibility index (Phi) is 2.48. The lowest BCUT2D eigenvalue weighted by Crippen LogP contribution is -2.18. The van der Waals surface area contributed by atoms with Gasteiger partial charge in [0.15, 0.2) is 5.43 Å². The zero-order valence-electron chi connectivity index (χ0n) is 20.0. The van der Waals surface area contributed by atoms with Crippen molar-refractivity contribution in [2.75, 3.05) is 0 Å². The van der Waals surface area contributed by atoms with Crippen LogP contribution >= 0.6 is 0 Å². The molecule has 7 aromatic carbocycles. The van der Waals surface area contributed by atoms with Crippen LogP contribution < -0.4 is 11.0 Å². The molecule has 0 saturated carbocycles. The topological polar surface area (TPSA) is 39.1 Å². The predicted octanol–water partition coefficient (Wildman–Crippen LogP) is 6.51. The van der Waals surface area contributed by atoms with Gasteiger partial charge in [0.2, 0.25) is 0 Å². The van der Waals surface area contributed by atoms with E-state index >= 15 is 0 Å². The van der Waals surface area contributed by atoms with E-state index in [1.165, 1.54) is 54.6 Å². The normalized spacial score (nSPS) is 15.5. The molecule has 3 heteroatoms. The van der Waals surface area contributed by atoms with Crippen molar-refractivity contribution in [3.63, 3.8) is 0 Å². The van der Waals surface area contributed by atoms with E-state index in [2.05, 4.69) is 48.6 Å². The van der Waals surface area contributed by atoms with Crippen molar-refractivity contribution in [1.29, 1.82) is 0 Å². The van der Waals surface area contributed by atoms with E-state index in [-0.39, 0.29) is 11.0 Å². The van der Waals surface area contributed by atoms with Gasteiger partial charge in [-0.25, -0.2) is 0 Å². The standard InChI is InChI=1S/C34H17NO2/c1-35-32-16-6-5-15-9-18-11-17-7-13-3-2-4-14-8-19-12-20(10-16)33(36)26(19)29-22(14)21(13)27-23(17)24(18)28(25(15)32)31(30(27)29)34(35)37/h2,4-10H,3,11-12H2,1H3. The highest BCUT2D eigenvalue weighted by molar-refractivity contribution is 6.48. The van der Waals surface area contributed by atoms with Gasteiger partial charge < -0.3 is 4.57 Å². The molecule has 3 aliphatic carbocycles. The molecule has 170 valence electrons. The number of aromatic nitrogens is 1. The third kappa shape index (κ3) is 1.61. The van der Waals surface area contributed by atoms with Gasteiger partial charge in [-0.15, -0.1) is 0 Å². The fraction of sp³-hybridized carbons (Fsp3) is 0.118. The Hall–Kier alpha value is -4.50. The van der Waals surface area contributed by atoms with Crippen molar-refractivity contribution in [1.82, 2.24) is 4.57 Å². The summed E-state index contributed by atoms with van der Waals surface area (Å²) >= 11 is 0. The van der Waals surface area contributed by atoms with Gasteiger partial charge in [-0.05, 0) is 84.4 Å². The van der Waals surface area contributed by atoms with E-state index in [1.807, 2.05) is 11.6 Å².